The summed E-state index contributed by atoms with van der Waals surface area (Å²) >= 11 is 0. The molecule has 0 spiro atoms. The molecule has 0 bridgehead atoms. The lowest BCUT2D eigenvalue weighted by Gasteiger charge is -2.09. The SMILES string of the molecule is COc1ccc(CNCc2cccc(Oc3nnnn3-c3ccccc3)c2)cc1.Cl. The Bertz CT molecular complexity index is 1050. The average Bonchev–Trinajstić information content (AvgIpc) is 3.23. The number of nitrogens with one attached hydrogen (secondary N) is 1. The van der Waals surface area contributed by atoms with Gasteiger partial charge in [0.2, 0.25) is 0 Å². The van der Waals surface area contributed by atoms with Gasteiger partial charge >= 0.3 is 6.01 Å². The zero-order valence-corrected chi connectivity index (χ0v) is 17.2. The first-order chi connectivity index (χ1) is 14.3. The molecule has 0 saturated heterocycles. The summed E-state index contributed by atoms with van der Waals surface area (Å²) in [6.45, 7) is 1.48. The van der Waals surface area contributed by atoms with Crippen LogP contribution in [-0.4, -0.2) is 27.3 Å². The summed E-state index contributed by atoms with van der Waals surface area (Å²) in [5.41, 5.74) is 3.14. The molecule has 0 fully saturated rings. The van der Waals surface area contributed by atoms with Gasteiger partial charge in [-0.1, -0.05) is 47.6 Å². The zero-order chi connectivity index (χ0) is 19.9. The minimum atomic E-state index is 0. The fourth-order valence-corrected chi connectivity index (χ4v) is 2.89. The van der Waals surface area contributed by atoms with Crippen LogP contribution in [0, 0.1) is 0 Å². The van der Waals surface area contributed by atoms with Crippen molar-refractivity contribution >= 4 is 12.4 Å². The number of para-hydroxylation sites is 1. The van der Waals surface area contributed by atoms with E-state index < -0.39 is 0 Å². The van der Waals surface area contributed by atoms with Crippen molar-refractivity contribution in [3.05, 3.63) is 90.0 Å². The molecule has 154 valence electrons. The molecule has 1 heterocycles. The normalized spacial score (nSPS) is 10.3. The summed E-state index contributed by atoms with van der Waals surface area (Å²) in [6.07, 6.45) is 0. The minimum Gasteiger partial charge on any atom is -0.497 e. The van der Waals surface area contributed by atoms with Crippen molar-refractivity contribution in [2.45, 2.75) is 13.1 Å². The third kappa shape index (κ3) is 5.34. The number of tetrazole rings is 1. The first kappa shape index (κ1) is 21.3. The molecule has 30 heavy (non-hydrogen) atoms. The van der Waals surface area contributed by atoms with E-state index in [-0.39, 0.29) is 12.4 Å². The van der Waals surface area contributed by atoms with Gasteiger partial charge in [-0.15, -0.1) is 12.4 Å². The van der Waals surface area contributed by atoms with Crippen LogP contribution in [0.25, 0.3) is 5.69 Å². The Balaban J connectivity index is 0.00000256. The van der Waals surface area contributed by atoms with Gasteiger partial charge in [0.05, 0.1) is 12.8 Å². The molecule has 3 aromatic carbocycles. The predicted octanol–water partition coefficient (Wildman–Crippen LogP) is 4.17. The first-order valence-corrected chi connectivity index (χ1v) is 9.26. The molecule has 0 radical (unpaired) electrons. The average molecular weight is 424 g/mol. The van der Waals surface area contributed by atoms with Gasteiger partial charge in [-0.05, 0) is 58.0 Å². The van der Waals surface area contributed by atoms with Crippen LogP contribution in [0.3, 0.4) is 0 Å². The van der Waals surface area contributed by atoms with Crippen LogP contribution >= 0.6 is 12.4 Å². The van der Waals surface area contributed by atoms with Gasteiger partial charge in [0.1, 0.15) is 11.5 Å². The van der Waals surface area contributed by atoms with Crippen LogP contribution in [-0.2, 0) is 13.1 Å². The molecule has 0 unspecified atom stereocenters. The Morgan fingerprint density at radius 3 is 2.37 bits per heavy atom. The van der Waals surface area contributed by atoms with Gasteiger partial charge in [0, 0.05) is 13.1 Å². The number of rotatable bonds is 8. The molecular weight excluding hydrogens is 402 g/mol. The number of halogens is 1. The maximum absolute atomic E-state index is 5.92. The molecule has 1 aromatic heterocycles. The molecule has 0 saturated carbocycles. The second-order valence-electron chi connectivity index (χ2n) is 6.41. The van der Waals surface area contributed by atoms with E-state index in [0.29, 0.717) is 18.3 Å². The van der Waals surface area contributed by atoms with E-state index in [0.717, 1.165) is 23.5 Å². The Hall–Kier alpha value is -3.42. The van der Waals surface area contributed by atoms with E-state index in [1.165, 1.54) is 5.56 Å². The number of hydrogen-bond donors (Lipinski definition) is 1. The van der Waals surface area contributed by atoms with Gasteiger partial charge in [0.15, 0.2) is 0 Å². The molecule has 0 atom stereocenters. The van der Waals surface area contributed by atoms with Crippen molar-refractivity contribution in [1.29, 1.82) is 0 Å². The van der Waals surface area contributed by atoms with Crippen LogP contribution in [0.5, 0.6) is 17.5 Å². The Kier molecular flexibility index (Phi) is 7.37. The third-order valence-corrected chi connectivity index (χ3v) is 4.37. The van der Waals surface area contributed by atoms with Gasteiger partial charge in [-0.25, -0.2) is 0 Å². The summed E-state index contributed by atoms with van der Waals surface area (Å²) in [5.74, 6) is 1.54. The Morgan fingerprint density at radius 2 is 1.60 bits per heavy atom. The van der Waals surface area contributed by atoms with Crippen LogP contribution in [0.4, 0.5) is 0 Å². The monoisotopic (exact) mass is 423 g/mol. The second-order valence-corrected chi connectivity index (χ2v) is 6.41. The maximum atomic E-state index is 5.92. The van der Waals surface area contributed by atoms with E-state index >= 15 is 0 Å². The Morgan fingerprint density at radius 1 is 0.833 bits per heavy atom. The minimum absolute atomic E-state index is 0. The summed E-state index contributed by atoms with van der Waals surface area (Å²) in [5, 5.41) is 15.2. The topological polar surface area (TPSA) is 74.1 Å². The van der Waals surface area contributed by atoms with Gasteiger partial charge in [0.25, 0.3) is 0 Å². The maximum Gasteiger partial charge on any atom is 0.345 e. The second kappa shape index (κ2) is 10.4. The largest absolute Gasteiger partial charge is 0.497 e. The van der Waals surface area contributed by atoms with E-state index in [4.69, 9.17) is 9.47 Å². The molecule has 0 aliphatic rings. The van der Waals surface area contributed by atoms with E-state index in [2.05, 4.69) is 33.0 Å². The summed E-state index contributed by atoms with van der Waals surface area (Å²) in [4.78, 5) is 0. The van der Waals surface area contributed by atoms with Gasteiger partial charge in [-0.2, -0.15) is 4.68 Å². The van der Waals surface area contributed by atoms with E-state index in [1.54, 1.807) is 11.8 Å². The van der Waals surface area contributed by atoms with Crippen LogP contribution in [0.15, 0.2) is 78.9 Å². The molecule has 4 rings (SSSR count). The highest BCUT2D eigenvalue weighted by atomic mass is 35.5. The van der Waals surface area contributed by atoms with Crippen molar-refractivity contribution < 1.29 is 9.47 Å². The highest BCUT2D eigenvalue weighted by Gasteiger charge is 2.10. The van der Waals surface area contributed by atoms with Crippen molar-refractivity contribution in [2.24, 2.45) is 0 Å². The lowest BCUT2D eigenvalue weighted by molar-refractivity contribution is 0.414. The zero-order valence-electron chi connectivity index (χ0n) is 16.4. The highest BCUT2D eigenvalue weighted by Crippen LogP contribution is 2.22. The van der Waals surface area contributed by atoms with Gasteiger partial charge in [-0.3, -0.25) is 0 Å². The van der Waals surface area contributed by atoms with Crippen molar-refractivity contribution in [1.82, 2.24) is 25.5 Å². The van der Waals surface area contributed by atoms with Crippen LogP contribution in [0.2, 0.25) is 0 Å². The predicted molar refractivity (Wildman–Crippen MR) is 116 cm³/mol. The van der Waals surface area contributed by atoms with Crippen LogP contribution < -0.4 is 14.8 Å². The molecule has 0 amide bonds. The van der Waals surface area contributed by atoms with Crippen molar-refractivity contribution in [3.8, 4) is 23.2 Å². The van der Waals surface area contributed by atoms with Crippen molar-refractivity contribution in [2.75, 3.05) is 7.11 Å². The first-order valence-electron chi connectivity index (χ1n) is 9.26. The number of benzene rings is 3. The summed E-state index contributed by atoms with van der Waals surface area (Å²) in [7, 11) is 1.67. The number of nitrogens with zero attached hydrogens (tertiary/aromatic N) is 4. The summed E-state index contributed by atoms with van der Waals surface area (Å²) < 4.78 is 12.7. The van der Waals surface area contributed by atoms with Crippen molar-refractivity contribution in [3.63, 3.8) is 0 Å². The van der Waals surface area contributed by atoms with E-state index in [9.17, 15) is 0 Å². The molecule has 0 aliphatic carbocycles. The molecule has 7 nitrogen and oxygen atoms in total. The molecular formula is C22H22ClN5O2. The number of ether oxygens (including phenoxy) is 2. The molecule has 8 heteroatoms. The lowest BCUT2D eigenvalue weighted by Crippen LogP contribution is -2.12. The number of methoxy groups -OCH3 is 1. The molecule has 4 aromatic rings. The quantitative estimate of drug-likeness (QED) is 0.458. The summed E-state index contributed by atoms with van der Waals surface area (Å²) in [6, 6.07) is 25.8. The van der Waals surface area contributed by atoms with Gasteiger partial charge < -0.3 is 14.8 Å². The fourth-order valence-electron chi connectivity index (χ4n) is 2.89. The number of aromatic nitrogens is 4. The Labute approximate surface area is 181 Å². The third-order valence-electron chi connectivity index (χ3n) is 4.37. The molecule has 1 N–H and O–H groups in total. The fraction of sp³-hybridized carbons (Fsp3) is 0.136. The highest BCUT2D eigenvalue weighted by molar-refractivity contribution is 5.85. The van der Waals surface area contributed by atoms with E-state index in [1.807, 2.05) is 66.7 Å². The molecule has 0 aliphatic heterocycles. The number of hydrogen-bond acceptors (Lipinski definition) is 6. The smallest absolute Gasteiger partial charge is 0.345 e. The lowest BCUT2D eigenvalue weighted by atomic mass is 10.2. The standard InChI is InChI=1S/C22H21N5O2.ClH/c1-28-20-12-10-17(11-13-20)15-23-16-18-6-5-9-21(14-18)29-22-24-25-26-27(22)19-7-3-2-4-8-19;/h2-14,23H,15-16H2,1H3;1H. The van der Waals surface area contributed by atoms with Crippen LogP contribution in [0.1, 0.15) is 11.1 Å².